The highest BCUT2D eigenvalue weighted by molar-refractivity contribution is 5.92. The Hall–Kier alpha value is -3.62. The molecule has 9 heteroatoms. The molecule has 5 rings (SSSR count). The number of carbonyl (C=O) groups excluding carboxylic acids is 1. The summed E-state index contributed by atoms with van der Waals surface area (Å²) in [7, 11) is 0. The summed E-state index contributed by atoms with van der Waals surface area (Å²) >= 11 is 0. The summed E-state index contributed by atoms with van der Waals surface area (Å²) in [5.74, 6) is 0.774. The maximum atomic E-state index is 12.8. The highest BCUT2D eigenvalue weighted by Gasteiger charge is 2.27. The second-order valence-corrected chi connectivity index (χ2v) is 8.98. The van der Waals surface area contributed by atoms with Gasteiger partial charge in [-0.25, -0.2) is 4.79 Å². The number of rotatable bonds is 5. The van der Waals surface area contributed by atoms with Crippen molar-refractivity contribution in [1.29, 1.82) is 0 Å². The third-order valence-electron chi connectivity index (χ3n) is 6.49. The minimum Gasteiger partial charge on any atom is -0.361 e. The molecule has 1 aliphatic heterocycles. The zero-order valence-corrected chi connectivity index (χ0v) is 18.6. The van der Waals surface area contributed by atoms with E-state index in [0.717, 1.165) is 37.8 Å². The summed E-state index contributed by atoms with van der Waals surface area (Å²) < 4.78 is 6.23. The molecule has 1 aromatic carbocycles. The number of nitrogens with zero attached hydrogens (tertiary/aromatic N) is 3. The molecule has 9 nitrogen and oxygen atoms in total. The second-order valence-electron chi connectivity index (χ2n) is 8.98. The van der Waals surface area contributed by atoms with Crippen LogP contribution in [0.3, 0.4) is 0 Å². The fourth-order valence-electron chi connectivity index (χ4n) is 4.85. The molecular weight excluding hydrogens is 422 g/mol. The van der Waals surface area contributed by atoms with E-state index < -0.39 is 5.69 Å². The molecular formula is C24H27N5O4. The maximum Gasteiger partial charge on any atom is 0.329 e. The van der Waals surface area contributed by atoms with Crippen LogP contribution in [0.25, 0.3) is 0 Å². The number of hydrogen-bond acceptors (Lipinski definition) is 6. The molecule has 3 heterocycles. The minimum atomic E-state index is -0.457. The first-order valence-corrected chi connectivity index (χ1v) is 11.4. The molecule has 0 radical (unpaired) electrons. The Kier molecular flexibility index (Phi) is 5.62. The summed E-state index contributed by atoms with van der Waals surface area (Å²) in [5.41, 5.74) is 2.99. The SMILES string of the molecule is Cc1cc(C(=O)N2CCCC(Cn3c(=O)cc(Nc4ccc5c(c4)CCC5)[nH]c3=O)C2)no1. The molecule has 1 aliphatic carbocycles. The van der Waals surface area contributed by atoms with E-state index in [4.69, 9.17) is 4.52 Å². The van der Waals surface area contributed by atoms with E-state index in [1.165, 1.54) is 21.8 Å². The van der Waals surface area contributed by atoms with Gasteiger partial charge in [-0.05, 0) is 68.2 Å². The number of likely N-dealkylation sites (tertiary alicyclic amines) is 1. The number of nitrogens with one attached hydrogen (secondary N) is 2. The van der Waals surface area contributed by atoms with Gasteiger partial charge in [-0.15, -0.1) is 0 Å². The molecule has 172 valence electrons. The normalized spacial score (nSPS) is 17.7. The van der Waals surface area contributed by atoms with Gasteiger partial charge in [-0.1, -0.05) is 11.2 Å². The van der Waals surface area contributed by atoms with Gasteiger partial charge in [0.2, 0.25) is 0 Å². The lowest BCUT2D eigenvalue weighted by Crippen LogP contribution is -2.44. The van der Waals surface area contributed by atoms with Crippen molar-refractivity contribution in [2.75, 3.05) is 18.4 Å². The van der Waals surface area contributed by atoms with Crippen molar-refractivity contribution in [2.24, 2.45) is 5.92 Å². The Balaban J connectivity index is 1.28. The van der Waals surface area contributed by atoms with Crippen LogP contribution in [0.4, 0.5) is 11.5 Å². The molecule has 1 saturated heterocycles. The van der Waals surface area contributed by atoms with Crippen molar-refractivity contribution in [1.82, 2.24) is 19.6 Å². The molecule has 1 unspecified atom stereocenters. The number of aryl methyl sites for hydroxylation is 3. The fourth-order valence-corrected chi connectivity index (χ4v) is 4.85. The smallest absolute Gasteiger partial charge is 0.329 e. The molecule has 1 fully saturated rings. The van der Waals surface area contributed by atoms with Gasteiger partial charge in [0, 0.05) is 37.5 Å². The average Bonchev–Trinajstić information content (AvgIpc) is 3.44. The van der Waals surface area contributed by atoms with E-state index in [1.54, 1.807) is 17.9 Å². The van der Waals surface area contributed by atoms with Crippen molar-refractivity contribution < 1.29 is 9.32 Å². The van der Waals surface area contributed by atoms with Gasteiger partial charge in [-0.3, -0.25) is 19.1 Å². The van der Waals surface area contributed by atoms with Crippen LogP contribution in [0, 0.1) is 12.8 Å². The second kappa shape index (κ2) is 8.73. The predicted octanol–water partition coefficient (Wildman–Crippen LogP) is 2.62. The number of H-pyrrole nitrogens is 1. The highest BCUT2D eigenvalue weighted by atomic mass is 16.5. The monoisotopic (exact) mass is 449 g/mol. The zero-order chi connectivity index (χ0) is 22.9. The molecule has 2 N–H and O–H groups in total. The summed E-state index contributed by atoms with van der Waals surface area (Å²) in [6.07, 6.45) is 4.96. The van der Waals surface area contributed by atoms with Crippen LogP contribution >= 0.6 is 0 Å². The van der Waals surface area contributed by atoms with Crippen LogP contribution in [0.2, 0.25) is 0 Å². The number of benzene rings is 1. The van der Waals surface area contributed by atoms with Crippen LogP contribution in [-0.4, -0.2) is 38.6 Å². The summed E-state index contributed by atoms with van der Waals surface area (Å²) in [6.45, 7) is 3.08. The molecule has 2 aromatic heterocycles. The number of carbonyl (C=O) groups is 1. The van der Waals surface area contributed by atoms with Gasteiger partial charge < -0.3 is 14.7 Å². The molecule has 0 spiro atoms. The lowest BCUT2D eigenvalue weighted by atomic mass is 9.97. The van der Waals surface area contributed by atoms with Crippen molar-refractivity contribution in [2.45, 2.75) is 45.6 Å². The number of aromatic nitrogens is 3. The van der Waals surface area contributed by atoms with E-state index >= 15 is 0 Å². The minimum absolute atomic E-state index is 0.00465. The van der Waals surface area contributed by atoms with Crippen molar-refractivity contribution in [3.8, 4) is 0 Å². The van der Waals surface area contributed by atoms with Crippen LogP contribution < -0.4 is 16.6 Å². The van der Waals surface area contributed by atoms with E-state index in [9.17, 15) is 14.4 Å². The lowest BCUT2D eigenvalue weighted by molar-refractivity contribution is 0.0650. The first-order valence-electron chi connectivity index (χ1n) is 11.4. The van der Waals surface area contributed by atoms with E-state index in [0.29, 0.717) is 24.7 Å². The quantitative estimate of drug-likeness (QED) is 0.619. The Morgan fingerprint density at radius 3 is 2.82 bits per heavy atom. The Morgan fingerprint density at radius 2 is 2.03 bits per heavy atom. The average molecular weight is 450 g/mol. The predicted molar refractivity (Wildman–Crippen MR) is 123 cm³/mol. The largest absolute Gasteiger partial charge is 0.361 e. The number of amides is 1. The van der Waals surface area contributed by atoms with Crippen LogP contribution in [-0.2, 0) is 19.4 Å². The number of aromatic amines is 1. The van der Waals surface area contributed by atoms with E-state index in [2.05, 4.69) is 27.6 Å². The molecule has 1 amide bonds. The first kappa shape index (κ1) is 21.2. The van der Waals surface area contributed by atoms with E-state index in [1.807, 2.05) is 6.07 Å². The molecule has 3 aromatic rings. The number of hydrogen-bond donors (Lipinski definition) is 2. The third-order valence-corrected chi connectivity index (χ3v) is 6.49. The Labute approximate surface area is 190 Å². The van der Waals surface area contributed by atoms with Crippen LogP contribution in [0.15, 0.2) is 44.4 Å². The van der Waals surface area contributed by atoms with E-state index in [-0.39, 0.29) is 29.6 Å². The topological polar surface area (TPSA) is 113 Å². The highest BCUT2D eigenvalue weighted by Crippen LogP contribution is 2.26. The standard InChI is InChI=1S/C24H27N5O4/c1-15-10-20(27-33-15)23(31)28-9-3-4-16(13-28)14-29-22(30)12-21(26-24(29)32)25-19-8-7-17-5-2-6-18(17)11-19/h7-8,10-12,16,25H,2-6,9,13-14H2,1H3,(H,26,32). The molecule has 2 aliphatic rings. The Bertz CT molecular complexity index is 1270. The third kappa shape index (κ3) is 4.48. The first-order chi connectivity index (χ1) is 16.0. The number of anilines is 2. The maximum absolute atomic E-state index is 12.8. The fraction of sp³-hybridized carbons (Fsp3) is 0.417. The van der Waals surface area contributed by atoms with Gasteiger partial charge in [0.1, 0.15) is 11.6 Å². The molecule has 33 heavy (non-hydrogen) atoms. The van der Waals surface area contributed by atoms with Crippen molar-refractivity contribution in [3.05, 3.63) is 73.8 Å². The molecule has 0 bridgehead atoms. The van der Waals surface area contributed by atoms with Crippen LogP contribution in [0.5, 0.6) is 0 Å². The number of piperidine rings is 1. The Morgan fingerprint density at radius 1 is 1.18 bits per heavy atom. The van der Waals surface area contributed by atoms with Crippen LogP contribution in [0.1, 0.15) is 46.6 Å². The number of fused-ring (bicyclic) bond motifs is 1. The lowest BCUT2D eigenvalue weighted by Gasteiger charge is -2.32. The summed E-state index contributed by atoms with van der Waals surface area (Å²) in [6, 6.07) is 9.18. The summed E-state index contributed by atoms with van der Waals surface area (Å²) in [5, 5.41) is 6.96. The van der Waals surface area contributed by atoms with Gasteiger partial charge >= 0.3 is 5.69 Å². The van der Waals surface area contributed by atoms with Gasteiger partial charge in [-0.2, -0.15) is 0 Å². The van der Waals surface area contributed by atoms with Crippen molar-refractivity contribution >= 4 is 17.4 Å². The van der Waals surface area contributed by atoms with Gasteiger partial charge in [0.15, 0.2) is 5.69 Å². The van der Waals surface area contributed by atoms with Crippen molar-refractivity contribution in [3.63, 3.8) is 0 Å². The van der Waals surface area contributed by atoms with Gasteiger partial charge in [0.25, 0.3) is 11.5 Å². The molecule has 1 atom stereocenters. The molecule has 0 saturated carbocycles. The summed E-state index contributed by atoms with van der Waals surface area (Å²) in [4.78, 5) is 42.7. The zero-order valence-electron chi connectivity index (χ0n) is 18.6. The van der Waals surface area contributed by atoms with Gasteiger partial charge in [0.05, 0.1) is 0 Å².